The second kappa shape index (κ2) is 5.68. The minimum absolute atomic E-state index is 0.199. The molecule has 1 atom stereocenters. The molecule has 0 aromatic heterocycles. The van der Waals surface area contributed by atoms with Gasteiger partial charge in [-0.15, -0.1) is 0 Å². The molecule has 1 aliphatic heterocycles. The van der Waals surface area contributed by atoms with E-state index in [1.165, 1.54) is 38.8 Å². The molecule has 1 fully saturated rings. The Kier molecular flexibility index (Phi) is 4.99. The Hall–Kier alpha value is -0.120. The largest absolute Gasteiger partial charge is 0.329 e. The van der Waals surface area contributed by atoms with Crippen LogP contribution in [0.1, 0.15) is 46.5 Å². The topological polar surface area (TPSA) is 32.5 Å². The summed E-state index contributed by atoms with van der Waals surface area (Å²) in [5, 5.41) is 0. The monoisotopic (exact) mass is 241 g/mol. The van der Waals surface area contributed by atoms with Gasteiger partial charge in [0, 0.05) is 17.6 Å². The van der Waals surface area contributed by atoms with E-state index in [0.29, 0.717) is 0 Å². The number of nitrogens with two attached hydrogens (primary N) is 1. The van der Waals surface area contributed by atoms with Gasteiger partial charge in [0.25, 0.3) is 0 Å². The zero-order valence-electron chi connectivity index (χ0n) is 12.4. The highest BCUT2D eigenvalue weighted by atomic mass is 15.3. The van der Waals surface area contributed by atoms with E-state index in [2.05, 4.69) is 44.7 Å². The summed E-state index contributed by atoms with van der Waals surface area (Å²) in [7, 11) is 4.49. The van der Waals surface area contributed by atoms with Gasteiger partial charge in [-0.1, -0.05) is 6.92 Å². The van der Waals surface area contributed by atoms with E-state index in [9.17, 15) is 0 Å². The van der Waals surface area contributed by atoms with Crippen LogP contribution in [0.25, 0.3) is 0 Å². The van der Waals surface area contributed by atoms with Gasteiger partial charge in [0.1, 0.15) is 0 Å². The van der Waals surface area contributed by atoms with Gasteiger partial charge >= 0.3 is 0 Å². The number of rotatable bonds is 4. The van der Waals surface area contributed by atoms with Crippen LogP contribution in [0, 0.1) is 0 Å². The van der Waals surface area contributed by atoms with E-state index in [1.54, 1.807) is 0 Å². The van der Waals surface area contributed by atoms with Gasteiger partial charge < -0.3 is 10.6 Å². The molecule has 1 rings (SSSR count). The molecule has 1 heterocycles. The lowest BCUT2D eigenvalue weighted by molar-refractivity contribution is 0.0137. The molecule has 0 bridgehead atoms. The van der Waals surface area contributed by atoms with Crippen LogP contribution in [0.3, 0.4) is 0 Å². The van der Waals surface area contributed by atoms with Gasteiger partial charge in [-0.05, 0) is 66.7 Å². The predicted molar refractivity (Wildman–Crippen MR) is 75.3 cm³/mol. The van der Waals surface area contributed by atoms with E-state index in [-0.39, 0.29) is 11.1 Å². The van der Waals surface area contributed by atoms with Crippen LogP contribution < -0.4 is 5.73 Å². The zero-order chi connectivity index (χ0) is 13.1. The highest BCUT2D eigenvalue weighted by Gasteiger charge is 2.40. The van der Waals surface area contributed by atoms with Crippen LogP contribution in [0.5, 0.6) is 0 Å². The van der Waals surface area contributed by atoms with Crippen LogP contribution >= 0.6 is 0 Å². The number of hydrogen-bond donors (Lipinski definition) is 1. The second-order valence-electron chi connectivity index (χ2n) is 6.31. The molecule has 0 radical (unpaired) electrons. The first kappa shape index (κ1) is 14.9. The quantitative estimate of drug-likeness (QED) is 0.816. The van der Waals surface area contributed by atoms with Gasteiger partial charge in [-0.2, -0.15) is 0 Å². The van der Waals surface area contributed by atoms with Crippen molar-refractivity contribution in [1.29, 1.82) is 0 Å². The van der Waals surface area contributed by atoms with Crippen molar-refractivity contribution >= 4 is 0 Å². The summed E-state index contributed by atoms with van der Waals surface area (Å²) in [4.78, 5) is 4.99. The van der Waals surface area contributed by atoms with Crippen molar-refractivity contribution in [3.8, 4) is 0 Å². The summed E-state index contributed by atoms with van der Waals surface area (Å²) in [5.74, 6) is 0. The first-order valence-corrected chi connectivity index (χ1v) is 7.00. The van der Waals surface area contributed by atoms with Crippen molar-refractivity contribution in [3.05, 3.63) is 0 Å². The minimum atomic E-state index is 0.199. The molecule has 102 valence electrons. The molecule has 0 aliphatic carbocycles. The Bertz CT molecular complexity index is 240. The molecule has 0 aromatic rings. The fourth-order valence-corrected chi connectivity index (χ4v) is 2.87. The van der Waals surface area contributed by atoms with Crippen LogP contribution in [0.4, 0.5) is 0 Å². The SMILES string of the molecule is CCC(C)(C)N(C)C1(CN)CCCN(C)CC1. The summed E-state index contributed by atoms with van der Waals surface area (Å²) in [6, 6.07) is 0. The van der Waals surface area contributed by atoms with Crippen molar-refractivity contribution in [2.75, 3.05) is 33.7 Å². The van der Waals surface area contributed by atoms with E-state index >= 15 is 0 Å². The lowest BCUT2D eigenvalue weighted by Gasteiger charge is -2.49. The van der Waals surface area contributed by atoms with Crippen molar-refractivity contribution in [2.45, 2.75) is 57.5 Å². The Morgan fingerprint density at radius 2 is 1.94 bits per heavy atom. The third-order valence-corrected chi connectivity index (χ3v) is 5.01. The Balaban J connectivity index is 2.87. The maximum absolute atomic E-state index is 6.15. The van der Waals surface area contributed by atoms with Gasteiger partial charge in [-0.3, -0.25) is 4.90 Å². The minimum Gasteiger partial charge on any atom is -0.329 e. The fraction of sp³-hybridized carbons (Fsp3) is 1.00. The molecule has 0 spiro atoms. The van der Waals surface area contributed by atoms with Crippen LogP contribution in [0.2, 0.25) is 0 Å². The summed E-state index contributed by atoms with van der Waals surface area (Å²) >= 11 is 0. The maximum Gasteiger partial charge on any atom is 0.0346 e. The highest BCUT2D eigenvalue weighted by Crippen LogP contribution is 2.33. The van der Waals surface area contributed by atoms with Crippen molar-refractivity contribution in [2.24, 2.45) is 5.73 Å². The van der Waals surface area contributed by atoms with E-state index in [1.807, 2.05) is 0 Å². The van der Waals surface area contributed by atoms with Crippen LogP contribution in [-0.2, 0) is 0 Å². The fourth-order valence-electron chi connectivity index (χ4n) is 2.87. The number of likely N-dealkylation sites (tertiary alicyclic amines) is 1. The zero-order valence-corrected chi connectivity index (χ0v) is 12.4. The summed E-state index contributed by atoms with van der Waals surface area (Å²) in [6.45, 7) is 10.1. The maximum atomic E-state index is 6.15. The third kappa shape index (κ3) is 3.21. The Morgan fingerprint density at radius 3 is 2.47 bits per heavy atom. The Morgan fingerprint density at radius 1 is 1.29 bits per heavy atom. The molecule has 3 heteroatoms. The summed E-state index contributed by atoms with van der Waals surface area (Å²) < 4.78 is 0. The molecule has 0 aromatic carbocycles. The standard InChI is InChI=1S/C14H31N3/c1-6-13(2,3)17(5)14(12-15)8-7-10-16(4)11-9-14/h6-12,15H2,1-5H3. The molecule has 1 unspecified atom stereocenters. The van der Waals surface area contributed by atoms with Gasteiger partial charge in [0.2, 0.25) is 0 Å². The van der Waals surface area contributed by atoms with Crippen molar-refractivity contribution in [1.82, 2.24) is 9.80 Å². The average Bonchev–Trinajstić information content (AvgIpc) is 2.51. The first-order valence-electron chi connectivity index (χ1n) is 7.00. The number of hydrogen-bond acceptors (Lipinski definition) is 3. The molecule has 0 saturated carbocycles. The van der Waals surface area contributed by atoms with Crippen molar-refractivity contribution in [3.63, 3.8) is 0 Å². The molecule has 1 saturated heterocycles. The Labute approximate surface area is 107 Å². The molecule has 2 N–H and O–H groups in total. The molecule has 17 heavy (non-hydrogen) atoms. The molecule has 3 nitrogen and oxygen atoms in total. The second-order valence-corrected chi connectivity index (χ2v) is 6.31. The van der Waals surface area contributed by atoms with Gasteiger partial charge in [-0.25, -0.2) is 0 Å². The lowest BCUT2D eigenvalue weighted by atomic mass is 9.84. The van der Waals surface area contributed by atoms with E-state index in [0.717, 1.165) is 6.54 Å². The predicted octanol–water partition coefficient (Wildman–Crippen LogP) is 1.92. The smallest absolute Gasteiger partial charge is 0.0346 e. The summed E-state index contributed by atoms with van der Waals surface area (Å²) in [5.41, 5.74) is 6.58. The molecule has 0 amide bonds. The highest BCUT2D eigenvalue weighted by molar-refractivity contribution is 4.98. The normalized spacial score (nSPS) is 28.4. The van der Waals surface area contributed by atoms with Crippen LogP contribution in [0.15, 0.2) is 0 Å². The van der Waals surface area contributed by atoms with Gasteiger partial charge in [0.05, 0.1) is 0 Å². The average molecular weight is 241 g/mol. The van der Waals surface area contributed by atoms with E-state index in [4.69, 9.17) is 5.73 Å². The molecule has 1 aliphatic rings. The van der Waals surface area contributed by atoms with Crippen molar-refractivity contribution < 1.29 is 0 Å². The third-order valence-electron chi connectivity index (χ3n) is 5.01. The molecular formula is C14H31N3. The van der Waals surface area contributed by atoms with Gasteiger partial charge in [0.15, 0.2) is 0 Å². The molecular weight excluding hydrogens is 210 g/mol. The van der Waals surface area contributed by atoms with E-state index < -0.39 is 0 Å². The number of likely N-dealkylation sites (N-methyl/N-ethyl adjacent to an activating group) is 1. The van der Waals surface area contributed by atoms with Crippen LogP contribution in [-0.4, -0.2) is 54.6 Å². The number of nitrogens with zero attached hydrogens (tertiary/aromatic N) is 2. The summed E-state index contributed by atoms with van der Waals surface area (Å²) in [6.07, 6.45) is 4.85. The lowest BCUT2D eigenvalue weighted by Crippen LogP contribution is -2.60. The first-order chi connectivity index (χ1) is 7.88.